The Bertz CT molecular complexity index is 1660. The first-order valence-electron chi connectivity index (χ1n) is 17.8. The van der Waals surface area contributed by atoms with Gasteiger partial charge in [-0.05, 0) is 17.4 Å². The molecule has 0 nitrogen and oxygen atoms in total. The number of allylic oxidation sites excluding steroid dienone is 4. The van der Waals surface area contributed by atoms with Gasteiger partial charge in [0.1, 0.15) is 0 Å². The first-order chi connectivity index (χ1) is 22.5. The van der Waals surface area contributed by atoms with Gasteiger partial charge in [0.15, 0.2) is 0 Å². The second-order valence-electron chi connectivity index (χ2n) is 16.3. The Morgan fingerprint density at radius 3 is 1.64 bits per heavy atom. The standard InChI is InChI=1S/C21H25.C13H10.C13H21.2ClH.Zr/c1-20(2,3)16-9-7-14-11-15-8-10-17(21(4,5)6)13-19(15)18(14)12-16;1-3-7-12(8-4-1)11-13-9-5-2-6-10-13;1-6-10-8-11(7-2)12(9-10)13(3,4)5;;;/h7,9-10,12-13H,11H2,1-6H3;1-10H;9-10H,6-7H2,1-5H3;2*1H;/q-1;;-1;;;+2/p-2. The molecular weight excluding hydrogens is 727 g/mol. The van der Waals surface area contributed by atoms with E-state index in [1.807, 2.05) is 0 Å². The summed E-state index contributed by atoms with van der Waals surface area (Å²) >= 11 is 1.46. The van der Waals surface area contributed by atoms with Crippen molar-refractivity contribution in [3.8, 4) is 11.1 Å². The van der Waals surface area contributed by atoms with Crippen LogP contribution < -0.4 is 24.8 Å². The van der Waals surface area contributed by atoms with Crippen LogP contribution in [0.5, 0.6) is 0 Å². The molecule has 0 N–H and O–H groups in total. The van der Waals surface area contributed by atoms with E-state index in [0.717, 1.165) is 12.8 Å². The Kier molecular flexibility index (Phi) is 16.2. The molecule has 3 heteroatoms. The average molecular weight is 783 g/mol. The molecule has 4 aromatic rings. The average Bonchev–Trinajstić information content (AvgIpc) is 3.66. The minimum absolute atomic E-state index is 0. The molecule has 0 heterocycles. The molecule has 0 amide bonds. The quantitative estimate of drug-likeness (QED) is 0.181. The molecule has 1 atom stereocenters. The molecule has 6 rings (SSSR count). The van der Waals surface area contributed by atoms with Crippen LogP contribution in [0.15, 0.2) is 108 Å². The molecule has 0 saturated heterocycles. The normalized spacial score (nSPS) is 14.6. The number of halogens is 2. The molecule has 264 valence electrons. The van der Waals surface area contributed by atoms with Crippen molar-refractivity contribution in [3.63, 3.8) is 0 Å². The van der Waals surface area contributed by atoms with Gasteiger partial charge in [-0.25, -0.2) is 5.57 Å². The van der Waals surface area contributed by atoms with E-state index in [4.69, 9.17) is 0 Å². The summed E-state index contributed by atoms with van der Waals surface area (Å²) in [6.07, 6.45) is 9.31. The monoisotopic (exact) mass is 780 g/mol. The molecule has 0 aromatic heterocycles. The minimum atomic E-state index is 0. The molecule has 0 saturated carbocycles. The van der Waals surface area contributed by atoms with E-state index in [0.29, 0.717) is 11.3 Å². The molecule has 2 aliphatic rings. The van der Waals surface area contributed by atoms with Crippen LogP contribution in [0.2, 0.25) is 0 Å². The molecule has 4 aromatic carbocycles. The van der Waals surface area contributed by atoms with Crippen molar-refractivity contribution in [2.24, 2.45) is 11.3 Å². The summed E-state index contributed by atoms with van der Waals surface area (Å²) in [7, 11) is 0. The van der Waals surface area contributed by atoms with E-state index in [1.54, 1.807) is 0 Å². The second kappa shape index (κ2) is 18.4. The third kappa shape index (κ3) is 11.3. The fourth-order valence-corrected chi connectivity index (χ4v) is 7.04. The Hall–Kier alpha value is -2.31. The molecule has 0 radical (unpaired) electrons. The van der Waals surface area contributed by atoms with Gasteiger partial charge in [0, 0.05) is 0 Å². The van der Waals surface area contributed by atoms with Crippen LogP contribution in [-0.2, 0) is 41.5 Å². The Labute approximate surface area is 332 Å². The van der Waals surface area contributed by atoms with Gasteiger partial charge in [0.05, 0.1) is 0 Å². The molecular formula is C47H56Cl2Zr-2. The van der Waals surface area contributed by atoms with Crippen LogP contribution in [0.1, 0.15) is 122 Å². The van der Waals surface area contributed by atoms with E-state index >= 15 is 0 Å². The van der Waals surface area contributed by atoms with Gasteiger partial charge in [-0.3, -0.25) is 6.08 Å². The third-order valence-corrected chi connectivity index (χ3v) is 10.7. The molecule has 50 heavy (non-hydrogen) atoms. The molecule has 1 unspecified atom stereocenters. The van der Waals surface area contributed by atoms with Crippen molar-refractivity contribution in [1.29, 1.82) is 0 Å². The van der Waals surface area contributed by atoms with Crippen LogP contribution in [0.4, 0.5) is 0 Å². The second-order valence-corrected chi connectivity index (χ2v) is 17.5. The summed E-state index contributed by atoms with van der Waals surface area (Å²) < 4.78 is 1.42. The van der Waals surface area contributed by atoms with Crippen LogP contribution in [0.3, 0.4) is 0 Å². The zero-order chi connectivity index (χ0) is 35.3. The van der Waals surface area contributed by atoms with Crippen LogP contribution in [0, 0.1) is 23.5 Å². The maximum atomic E-state index is 3.57. The molecule has 0 spiro atoms. The predicted octanol–water partition coefficient (Wildman–Crippen LogP) is 6.60. The van der Waals surface area contributed by atoms with Crippen LogP contribution in [0.25, 0.3) is 11.1 Å². The van der Waals surface area contributed by atoms with Crippen LogP contribution >= 0.6 is 0 Å². The van der Waals surface area contributed by atoms with Gasteiger partial charge in [0.25, 0.3) is 0 Å². The van der Waals surface area contributed by atoms with Crippen molar-refractivity contribution in [3.05, 3.63) is 154 Å². The van der Waals surface area contributed by atoms with Gasteiger partial charge >= 0.3 is 99.2 Å². The predicted molar refractivity (Wildman–Crippen MR) is 205 cm³/mol. The van der Waals surface area contributed by atoms with E-state index in [2.05, 4.69) is 185 Å². The summed E-state index contributed by atoms with van der Waals surface area (Å²) in [5.74, 6) is 0.573. The van der Waals surface area contributed by atoms with Crippen LogP contribution in [-0.4, -0.2) is 3.21 Å². The Morgan fingerprint density at radius 2 is 1.20 bits per heavy atom. The van der Waals surface area contributed by atoms with Crippen molar-refractivity contribution >= 4 is 3.21 Å². The zero-order valence-electron chi connectivity index (χ0n) is 32.2. The first-order valence-corrected chi connectivity index (χ1v) is 19.0. The zero-order valence-corrected chi connectivity index (χ0v) is 36.2. The number of hydrogen-bond donors (Lipinski definition) is 0. The number of benzene rings is 4. The van der Waals surface area contributed by atoms with Gasteiger partial charge in [-0.1, -0.05) is 135 Å². The van der Waals surface area contributed by atoms with E-state index in [1.165, 1.54) is 89.5 Å². The van der Waals surface area contributed by atoms with Crippen molar-refractivity contribution in [1.82, 2.24) is 0 Å². The SMILES string of the molecule is CC(C)(C)c1c[c-]c2c(c1)-c1cc(C(C)(C)C)ccc1C2.CCC1=[C-]C(CC)C=C1C(C)(C)C.[Cl-].[Cl-].[Zr+2]=[C](c1ccccc1)c1ccccc1. The van der Waals surface area contributed by atoms with E-state index in [9.17, 15) is 0 Å². The van der Waals surface area contributed by atoms with Gasteiger partial charge in [0.2, 0.25) is 0 Å². The van der Waals surface area contributed by atoms with Gasteiger partial charge < -0.3 is 24.8 Å². The molecule has 0 bridgehead atoms. The number of rotatable bonds is 4. The summed E-state index contributed by atoms with van der Waals surface area (Å²) in [5.41, 5.74) is 14.7. The third-order valence-electron chi connectivity index (χ3n) is 9.31. The fourth-order valence-electron chi connectivity index (χ4n) is 6.22. The Morgan fingerprint density at radius 1 is 0.680 bits per heavy atom. The van der Waals surface area contributed by atoms with Crippen molar-refractivity contribution < 1.29 is 49.0 Å². The fraction of sp³-hybridized carbons (Fsp3) is 0.383. The molecule has 2 aliphatic carbocycles. The topological polar surface area (TPSA) is 0 Å². The number of fused-ring (bicyclic) bond motifs is 3. The number of hydrogen-bond acceptors (Lipinski definition) is 0. The molecule has 0 fully saturated rings. The van der Waals surface area contributed by atoms with Gasteiger partial charge in [-0.2, -0.15) is 41.0 Å². The summed E-state index contributed by atoms with van der Waals surface area (Å²) in [4.78, 5) is 0. The van der Waals surface area contributed by atoms with E-state index in [-0.39, 0.29) is 35.6 Å². The van der Waals surface area contributed by atoms with Crippen molar-refractivity contribution in [2.75, 3.05) is 0 Å². The van der Waals surface area contributed by atoms with Gasteiger partial charge in [-0.15, -0.1) is 5.56 Å². The first kappa shape index (κ1) is 43.9. The maximum absolute atomic E-state index is 3.57. The Balaban J connectivity index is 0.000000265. The summed E-state index contributed by atoms with van der Waals surface area (Å²) in [6, 6.07) is 36.2. The van der Waals surface area contributed by atoms with E-state index < -0.39 is 0 Å². The summed E-state index contributed by atoms with van der Waals surface area (Å²) in [6.45, 7) is 25.0. The van der Waals surface area contributed by atoms with Crippen molar-refractivity contribution in [2.45, 2.75) is 106 Å². The molecule has 0 aliphatic heterocycles. The summed E-state index contributed by atoms with van der Waals surface area (Å²) in [5, 5.41) is 0.